The summed E-state index contributed by atoms with van der Waals surface area (Å²) in [5.41, 5.74) is 2.68. The smallest absolute Gasteiger partial charge is 0.141 e. The molecule has 1 saturated carbocycles. The van der Waals surface area contributed by atoms with Crippen LogP contribution in [-0.4, -0.2) is 44.9 Å². The highest BCUT2D eigenvalue weighted by Gasteiger charge is 2.28. The molecule has 4 aromatic rings. The zero-order valence-electron chi connectivity index (χ0n) is 16.1. The predicted molar refractivity (Wildman–Crippen MR) is 103 cm³/mol. The molecule has 28 heavy (non-hydrogen) atoms. The third-order valence-corrected chi connectivity index (χ3v) is 5.84. The van der Waals surface area contributed by atoms with E-state index in [9.17, 15) is 5.11 Å². The molecule has 5 rings (SSSR count). The molecular weight excluding hydrogens is 356 g/mol. The number of hydrogen-bond donors (Lipinski definition) is 2. The maximum atomic E-state index is 10.1. The second-order valence-electron chi connectivity index (χ2n) is 8.35. The Morgan fingerprint density at radius 3 is 2.75 bits per heavy atom. The summed E-state index contributed by atoms with van der Waals surface area (Å²) < 4.78 is 3.64. The Hall–Kier alpha value is -2.81. The second-order valence-corrected chi connectivity index (χ2v) is 8.35. The Bertz CT molecular complexity index is 1110. The third kappa shape index (κ3) is 2.95. The Balaban J connectivity index is 1.30. The summed E-state index contributed by atoms with van der Waals surface area (Å²) in [6.45, 7) is 4.30. The van der Waals surface area contributed by atoms with Gasteiger partial charge in [0.05, 0.1) is 11.9 Å². The Labute approximate surface area is 161 Å². The van der Waals surface area contributed by atoms with Crippen LogP contribution in [-0.2, 0) is 12.1 Å². The average molecular weight is 380 g/mol. The van der Waals surface area contributed by atoms with Crippen molar-refractivity contribution in [3.63, 3.8) is 0 Å². The first-order valence-electron chi connectivity index (χ1n) is 9.79. The van der Waals surface area contributed by atoms with Crippen LogP contribution in [0.2, 0.25) is 0 Å². The molecule has 0 radical (unpaired) electrons. The minimum atomic E-state index is -0.955. The predicted octanol–water partition coefficient (Wildman–Crippen LogP) is 2.40. The van der Waals surface area contributed by atoms with Gasteiger partial charge in [-0.2, -0.15) is 0 Å². The fourth-order valence-electron chi connectivity index (χ4n) is 4.24. The van der Waals surface area contributed by atoms with Crippen molar-refractivity contribution in [2.75, 3.05) is 0 Å². The lowest BCUT2D eigenvalue weighted by Crippen LogP contribution is -2.19. The van der Waals surface area contributed by atoms with Gasteiger partial charge in [-0.25, -0.2) is 9.50 Å². The van der Waals surface area contributed by atoms with E-state index < -0.39 is 5.60 Å². The number of fused-ring (bicyclic) bond motifs is 3. The third-order valence-electron chi connectivity index (χ3n) is 5.84. The second kappa shape index (κ2) is 6.37. The fourth-order valence-corrected chi connectivity index (χ4v) is 4.24. The minimum Gasteiger partial charge on any atom is -0.384 e. The molecule has 4 heterocycles. The topological polar surface area (TPSA) is 110 Å². The number of hydrogen-bond acceptors (Lipinski definition) is 6. The first-order chi connectivity index (χ1) is 13.5. The Kier molecular flexibility index (Phi) is 3.94. The van der Waals surface area contributed by atoms with Crippen LogP contribution in [0.25, 0.3) is 16.6 Å². The van der Waals surface area contributed by atoms with Crippen LogP contribution in [0.3, 0.4) is 0 Å². The summed E-state index contributed by atoms with van der Waals surface area (Å²) in [5, 5.41) is 28.2. The van der Waals surface area contributed by atoms with Crippen molar-refractivity contribution in [3.05, 3.63) is 36.2 Å². The van der Waals surface area contributed by atoms with Crippen molar-refractivity contribution in [2.45, 2.75) is 57.6 Å². The Morgan fingerprint density at radius 1 is 1.18 bits per heavy atom. The van der Waals surface area contributed by atoms with Gasteiger partial charge in [0.1, 0.15) is 28.8 Å². The summed E-state index contributed by atoms with van der Waals surface area (Å²) in [6.07, 6.45) is 9.88. The van der Waals surface area contributed by atoms with Crippen molar-refractivity contribution in [2.24, 2.45) is 5.92 Å². The molecule has 0 aromatic carbocycles. The lowest BCUT2D eigenvalue weighted by Gasteiger charge is -2.27. The van der Waals surface area contributed by atoms with Gasteiger partial charge in [0.15, 0.2) is 0 Å². The van der Waals surface area contributed by atoms with E-state index in [0.717, 1.165) is 54.5 Å². The van der Waals surface area contributed by atoms with Crippen molar-refractivity contribution in [1.82, 2.24) is 39.8 Å². The van der Waals surface area contributed by atoms with E-state index in [4.69, 9.17) is 0 Å². The molecule has 4 aromatic heterocycles. The molecule has 0 amide bonds. The quantitative estimate of drug-likeness (QED) is 0.562. The minimum absolute atomic E-state index is 0.414. The van der Waals surface area contributed by atoms with Crippen molar-refractivity contribution < 1.29 is 5.11 Å². The van der Waals surface area contributed by atoms with E-state index in [-0.39, 0.29) is 0 Å². The number of aliphatic hydroxyl groups is 1. The number of rotatable bonds is 4. The molecule has 9 heteroatoms. The summed E-state index contributed by atoms with van der Waals surface area (Å²) >= 11 is 0. The van der Waals surface area contributed by atoms with Gasteiger partial charge in [-0.1, -0.05) is 10.4 Å². The number of aromatic nitrogens is 8. The standard InChI is InChI=1S/C19H24N8O/c1-19(2,28)15-10-26(24-22-15)9-12-3-5-13(6-4-12)16-17-14-7-8-20-18(14)21-11-27(17)25-23-16/h7-8,10-13,20,28H,3-6,9H2,1-2H3. The van der Waals surface area contributed by atoms with Gasteiger partial charge in [0.25, 0.3) is 0 Å². The normalized spacial score (nSPS) is 21.0. The SMILES string of the molecule is CC(C)(O)c1cn(CC2CCC(c3nnn4cnc5[nH]ccc5c34)CC2)nn1. The van der Waals surface area contributed by atoms with Gasteiger partial charge in [0, 0.05) is 24.0 Å². The van der Waals surface area contributed by atoms with E-state index in [1.807, 2.05) is 23.1 Å². The van der Waals surface area contributed by atoms with Crippen molar-refractivity contribution in [1.29, 1.82) is 0 Å². The fraction of sp³-hybridized carbons (Fsp3) is 0.526. The number of nitrogens with one attached hydrogen (secondary N) is 1. The molecule has 0 atom stereocenters. The largest absolute Gasteiger partial charge is 0.384 e. The number of nitrogens with zero attached hydrogens (tertiary/aromatic N) is 7. The summed E-state index contributed by atoms with van der Waals surface area (Å²) in [5.74, 6) is 0.973. The summed E-state index contributed by atoms with van der Waals surface area (Å²) in [6, 6.07) is 2.04. The molecule has 1 aliphatic carbocycles. The van der Waals surface area contributed by atoms with E-state index in [1.54, 1.807) is 24.7 Å². The molecule has 0 spiro atoms. The first kappa shape index (κ1) is 17.3. The highest BCUT2D eigenvalue weighted by Crippen LogP contribution is 2.38. The Morgan fingerprint density at radius 2 is 2.00 bits per heavy atom. The first-order valence-corrected chi connectivity index (χ1v) is 9.79. The highest BCUT2D eigenvalue weighted by atomic mass is 16.3. The average Bonchev–Trinajstić information content (AvgIpc) is 3.40. The molecule has 146 valence electrons. The van der Waals surface area contributed by atoms with Crippen LogP contribution in [0.5, 0.6) is 0 Å². The molecule has 0 unspecified atom stereocenters. The van der Waals surface area contributed by atoms with Gasteiger partial charge >= 0.3 is 0 Å². The summed E-state index contributed by atoms with van der Waals surface area (Å²) in [7, 11) is 0. The molecule has 1 aliphatic rings. The van der Waals surface area contributed by atoms with Crippen LogP contribution < -0.4 is 0 Å². The zero-order chi connectivity index (χ0) is 19.3. The van der Waals surface area contributed by atoms with E-state index in [2.05, 4.69) is 30.6 Å². The molecule has 0 aliphatic heterocycles. The molecule has 0 saturated heterocycles. The van der Waals surface area contributed by atoms with Crippen LogP contribution in [0.4, 0.5) is 0 Å². The molecule has 2 N–H and O–H groups in total. The van der Waals surface area contributed by atoms with Crippen LogP contribution in [0, 0.1) is 5.92 Å². The van der Waals surface area contributed by atoms with E-state index >= 15 is 0 Å². The monoisotopic (exact) mass is 380 g/mol. The zero-order valence-corrected chi connectivity index (χ0v) is 16.1. The van der Waals surface area contributed by atoms with Crippen LogP contribution >= 0.6 is 0 Å². The maximum absolute atomic E-state index is 10.1. The van der Waals surface area contributed by atoms with Crippen LogP contribution in [0.15, 0.2) is 24.8 Å². The molecule has 9 nitrogen and oxygen atoms in total. The molecule has 1 fully saturated rings. The van der Waals surface area contributed by atoms with Crippen molar-refractivity contribution >= 4 is 16.6 Å². The maximum Gasteiger partial charge on any atom is 0.141 e. The number of H-pyrrole nitrogens is 1. The highest BCUT2D eigenvalue weighted by molar-refractivity contribution is 5.92. The number of aromatic amines is 1. The van der Waals surface area contributed by atoms with E-state index in [0.29, 0.717) is 17.5 Å². The van der Waals surface area contributed by atoms with E-state index in [1.165, 1.54) is 0 Å². The lowest BCUT2D eigenvalue weighted by atomic mass is 9.80. The van der Waals surface area contributed by atoms with Gasteiger partial charge in [-0.3, -0.25) is 4.68 Å². The van der Waals surface area contributed by atoms with Gasteiger partial charge in [0.2, 0.25) is 0 Å². The summed E-state index contributed by atoms with van der Waals surface area (Å²) in [4.78, 5) is 7.54. The lowest BCUT2D eigenvalue weighted by molar-refractivity contribution is 0.0737. The van der Waals surface area contributed by atoms with Gasteiger partial charge in [-0.15, -0.1) is 10.2 Å². The van der Waals surface area contributed by atoms with Crippen LogP contribution in [0.1, 0.15) is 56.8 Å². The molecular formula is C19H24N8O. The van der Waals surface area contributed by atoms with Gasteiger partial charge in [-0.05, 0) is 51.5 Å². The van der Waals surface area contributed by atoms with Crippen molar-refractivity contribution in [3.8, 4) is 0 Å². The van der Waals surface area contributed by atoms with Gasteiger partial charge < -0.3 is 10.1 Å². The molecule has 0 bridgehead atoms.